The Morgan fingerprint density at radius 1 is 1.13 bits per heavy atom. The molecule has 3 rings (SSSR count). The number of aromatic hydroxyl groups is 1. The van der Waals surface area contributed by atoms with Crippen LogP contribution in [0.4, 0.5) is 11.4 Å². The summed E-state index contributed by atoms with van der Waals surface area (Å²) < 4.78 is 0. The number of rotatable bonds is 4. The number of carbonyl (C=O) groups is 2. The summed E-state index contributed by atoms with van der Waals surface area (Å²) in [7, 11) is 0. The van der Waals surface area contributed by atoms with Crippen molar-refractivity contribution in [1.29, 1.82) is 0 Å². The number of anilines is 1. The highest BCUT2D eigenvalue weighted by molar-refractivity contribution is 6.34. The highest BCUT2D eigenvalue weighted by atomic mass is 35.5. The van der Waals surface area contributed by atoms with Gasteiger partial charge in [-0.2, -0.15) is 0 Å². The zero-order chi connectivity index (χ0) is 22.3. The quantitative estimate of drug-likeness (QED) is 0.405. The minimum atomic E-state index is -0.634. The Morgan fingerprint density at radius 3 is 2.40 bits per heavy atom. The number of phenols is 1. The molecule has 0 atom stereocenters. The highest BCUT2D eigenvalue weighted by Crippen LogP contribution is 2.28. The van der Waals surface area contributed by atoms with Crippen molar-refractivity contribution in [3.8, 4) is 5.75 Å². The van der Waals surface area contributed by atoms with Gasteiger partial charge in [-0.05, 0) is 24.3 Å². The second-order valence-corrected chi connectivity index (χ2v) is 6.34. The number of nitrogens with zero attached hydrogens (tertiary/aromatic N) is 3. The molecule has 4 N–H and O–H groups in total. The van der Waals surface area contributed by atoms with E-state index in [4.69, 9.17) is 28.9 Å². The maximum absolute atomic E-state index is 12.0. The standard InChI is InChI=1S/C13H8Cl2N2O4.C5H5N3O/c14-7-1-4-12(18)9(5-7)13(19)16-11-3-2-8(17(20)21)6-10(11)15;6-5(9)4-3-7-1-2-8-4/h1-6,18H,(H,16,19);1-3H,(H2,6,9). The van der Waals surface area contributed by atoms with Gasteiger partial charge in [-0.25, -0.2) is 4.98 Å². The molecule has 0 fully saturated rings. The summed E-state index contributed by atoms with van der Waals surface area (Å²) in [6.07, 6.45) is 4.22. The van der Waals surface area contributed by atoms with E-state index in [2.05, 4.69) is 15.3 Å². The third kappa shape index (κ3) is 6.12. The lowest BCUT2D eigenvalue weighted by Crippen LogP contribution is -2.12. The molecule has 0 aliphatic rings. The maximum Gasteiger partial charge on any atom is 0.271 e. The summed E-state index contributed by atoms with van der Waals surface area (Å²) in [5.41, 5.74) is 5.03. The molecule has 0 bridgehead atoms. The fraction of sp³-hybridized carbons (Fsp3) is 0. The largest absolute Gasteiger partial charge is 0.507 e. The second-order valence-electron chi connectivity index (χ2n) is 5.49. The molecule has 0 aliphatic heterocycles. The first kappa shape index (κ1) is 22.5. The van der Waals surface area contributed by atoms with Gasteiger partial charge in [0.1, 0.15) is 11.4 Å². The summed E-state index contributed by atoms with van der Waals surface area (Å²) in [6.45, 7) is 0. The van der Waals surface area contributed by atoms with Crippen LogP contribution in [0, 0.1) is 10.1 Å². The molecule has 0 spiro atoms. The average molecular weight is 450 g/mol. The number of nitrogens with one attached hydrogen (secondary N) is 1. The number of nitro benzene ring substituents is 1. The minimum absolute atomic E-state index is 0.0130. The molecule has 10 nitrogen and oxygen atoms in total. The van der Waals surface area contributed by atoms with Gasteiger partial charge in [-0.3, -0.25) is 24.7 Å². The predicted octanol–water partition coefficient (Wildman–Crippen LogP) is 3.44. The Balaban J connectivity index is 0.000000297. The topological polar surface area (TPSA) is 161 Å². The van der Waals surface area contributed by atoms with Crippen LogP contribution < -0.4 is 11.1 Å². The van der Waals surface area contributed by atoms with Gasteiger partial charge < -0.3 is 16.2 Å². The minimum Gasteiger partial charge on any atom is -0.507 e. The normalized spacial score (nSPS) is 9.80. The Morgan fingerprint density at radius 2 is 1.87 bits per heavy atom. The van der Waals surface area contributed by atoms with E-state index in [-0.39, 0.29) is 38.4 Å². The highest BCUT2D eigenvalue weighted by Gasteiger charge is 2.15. The number of hydrogen-bond acceptors (Lipinski definition) is 7. The number of nitrogens with two attached hydrogens (primary N) is 1. The van der Waals surface area contributed by atoms with E-state index in [1.165, 1.54) is 48.9 Å². The van der Waals surface area contributed by atoms with Gasteiger partial charge in [0.25, 0.3) is 17.5 Å². The van der Waals surface area contributed by atoms with E-state index in [1.807, 2.05) is 0 Å². The fourth-order valence-electron chi connectivity index (χ4n) is 2.03. The number of carbonyl (C=O) groups excluding carboxylic acids is 2. The van der Waals surface area contributed by atoms with Gasteiger partial charge in [0, 0.05) is 29.5 Å². The SMILES string of the molecule is NC(=O)c1cnccn1.O=C(Nc1ccc([N+](=O)[O-])cc1Cl)c1cc(Cl)ccc1O. The van der Waals surface area contributed by atoms with Crippen LogP contribution in [-0.2, 0) is 0 Å². The summed E-state index contributed by atoms with van der Waals surface area (Å²) in [6, 6.07) is 7.65. The van der Waals surface area contributed by atoms with Crippen LogP contribution >= 0.6 is 23.2 Å². The predicted molar refractivity (Wildman–Crippen MR) is 110 cm³/mol. The number of nitro groups is 1. The Bertz CT molecular complexity index is 1100. The van der Waals surface area contributed by atoms with Crippen molar-refractivity contribution < 1.29 is 19.6 Å². The molecule has 0 aliphatic carbocycles. The van der Waals surface area contributed by atoms with Crippen LogP contribution in [0.5, 0.6) is 5.75 Å². The van der Waals surface area contributed by atoms with Crippen molar-refractivity contribution >= 4 is 46.4 Å². The van der Waals surface area contributed by atoms with E-state index in [0.717, 1.165) is 6.07 Å². The number of halogens is 2. The molecule has 154 valence electrons. The third-order valence-electron chi connectivity index (χ3n) is 3.43. The Labute approximate surface area is 179 Å². The van der Waals surface area contributed by atoms with Gasteiger partial charge in [-0.15, -0.1) is 0 Å². The van der Waals surface area contributed by atoms with Crippen LogP contribution in [0.2, 0.25) is 10.0 Å². The third-order valence-corrected chi connectivity index (χ3v) is 3.98. The van der Waals surface area contributed by atoms with Crippen LogP contribution in [0.1, 0.15) is 20.8 Å². The van der Waals surface area contributed by atoms with Crippen molar-refractivity contribution in [3.63, 3.8) is 0 Å². The van der Waals surface area contributed by atoms with Crippen molar-refractivity contribution in [2.75, 3.05) is 5.32 Å². The zero-order valence-electron chi connectivity index (χ0n) is 15.0. The number of aromatic nitrogens is 2. The molecule has 30 heavy (non-hydrogen) atoms. The molecule has 3 aromatic rings. The molecule has 12 heteroatoms. The molecule has 2 aromatic carbocycles. The van der Waals surface area contributed by atoms with Crippen molar-refractivity contribution in [2.24, 2.45) is 5.73 Å². The molecular formula is C18H13Cl2N5O5. The smallest absolute Gasteiger partial charge is 0.271 e. The number of non-ortho nitro benzene ring substituents is 1. The summed E-state index contributed by atoms with van der Waals surface area (Å²) in [5, 5.41) is 23.0. The first-order valence-electron chi connectivity index (χ1n) is 7.98. The van der Waals surface area contributed by atoms with Gasteiger partial charge >= 0.3 is 0 Å². The molecule has 0 saturated heterocycles. The molecular weight excluding hydrogens is 437 g/mol. The van der Waals surface area contributed by atoms with Crippen molar-refractivity contribution in [3.05, 3.63) is 86.4 Å². The lowest BCUT2D eigenvalue weighted by Gasteiger charge is -2.08. The van der Waals surface area contributed by atoms with Crippen LogP contribution in [0.15, 0.2) is 55.0 Å². The maximum atomic E-state index is 12.0. The van der Waals surface area contributed by atoms with Gasteiger partial charge in [0.05, 0.1) is 27.4 Å². The fourth-order valence-corrected chi connectivity index (χ4v) is 2.42. The molecule has 0 unspecified atom stereocenters. The Kier molecular flexibility index (Phi) is 7.62. The first-order chi connectivity index (χ1) is 14.2. The van der Waals surface area contributed by atoms with E-state index in [1.54, 1.807) is 0 Å². The van der Waals surface area contributed by atoms with E-state index < -0.39 is 16.7 Å². The summed E-state index contributed by atoms with van der Waals surface area (Å²) in [4.78, 5) is 39.6. The Hall–Kier alpha value is -3.76. The number of phenolic OH excluding ortho intramolecular Hbond substituents is 1. The van der Waals surface area contributed by atoms with Gasteiger partial charge in [-0.1, -0.05) is 23.2 Å². The molecule has 0 saturated carbocycles. The molecule has 1 heterocycles. The number of primary amides is 1. The lowest BCUT2D eigenvalue weighted by molar-refractivity contribution is -0.384. The van der Waals surface area contributed by atoms with Gasteiger partial charge in [0.15, 0.2) is 0 Å². The average Bonchev–Trinajstić information content (AvgIpc) is 2.72. The number of benzene rings is 2. The summed E-state index contributed by atoms with van der Waals surface area (Å²) >= 11 is 11.6. The zero-order valence-corrected chi connectivity index (χ0v) is 16.5. The monoisotopic (exact) mass is 449 g/mol. The van der Waals surface area contributed by atoms with E-state index >= 15 is 0 Å². The second kappa shape index (κ2) is 10.1. The number of amides is 2. The summed E-state index contributed by atoms with van der Waals surface area (Å²) in [5.74, 6) is -1.43. The van der Waals surface area contributed by atoms with Gasteiger partial charge in [0.2, 0.25) is 0 Å². The van der Waals surface area contributed by atoms with E-state index in [0.29, 0.717) is 0 Å². The molecule has 2 amide bonds. The molecule has 1 aromatic heterocycles. The van der Waals surface area contributed by atoms with Crippen LogP contribution in [0.3, 0.4) is 0 Å². The molecule has 0 radical (unpaired) electrons. The number of hydrogen-bond donors (Lipinski definition) is 3. The van der Waals surface area contributed by atoms with Crippen LogP contribution in [-0.4, -0.2) is 31.8 Å². The van der Waals surface area contributed by atoms with E-state index in [9.17, 15) is 24.8 Å². The van der Waals surface area contributed by atoms with Crippen molar-refractivity contribution in [1.82, 2.24) is 9.97 Å². The first-order valence-corrected chi connectivity index (χ1v) is 8.74. The van der Waals surface area contributed by atoms with Crippen molar-refractivity contribution in [2.45, 2.75) is 0 Å². The lowest BCUT2D eigenvalue weighted by atomic mass is 10.2. The van der Waals surface area contributed by atoms with Crippen LogP contribution in [0.25, 0.3) is 0 Å².